The molecule has 122 valence electrons. The Hall–Kier alpha value is -3.17. The minimum Gasteiger partial charge on any atom is -0.505 e. The van der Waals surface area contributed by atoms with Gasteiger partial charge >= 0.3 is 0 Å². The SMILES string of the molecule is N#Cc1c(-c2ccsc2)n(-c2ccc(O)c(F)c2F)c2ccccc12. The van der Waals surface area contributed by atoms with Crippen LogP contribution in [0.5, 0.6) is 5.75 Å². The predicted molar refractivity (Wildman–Crippen MR) is 92.9 cm³/mol. The highest BCUT2D eigenvalue weighted by molar-refractivity contribution is 7.08. The van der Waals surface area contributed by atoms with E-state index in [9.17, 15) is 19.1 Å². The Labute approximate surface area is 145 Å². The van der Waals surface area contributed by atoms with Gasteiger partial charge in [0.2, 0.25) is 5.82 Å². The van der Waals surface area contributed by atoms with E-state index in [2.05, 4.69) is 6.07 Å². The molecule has 0 spiro atoms. The molecule has 0 fully saturated rings. The molecule has 0 saturated heterocycles. The molecule has 0 saturated carbocycles. The second-order valence-electron chi connectivity index (χ2n) is 5.43. The number of benzene rings is 2. The summed E-state index contributed by atoms with van der Waals surface area (Å²) in [5.74, 6) is -3.23. The van der Waals surface area contributed by atoms with Gasteiger partial charge < -0.3 is 9.67 Å². The Morgan fingerprint density at radius 3 is 2.56 bits per heavy atom. The van der Waals surface area contributed by atoms with E-state index in [0.717, 1.165) is 11.6 Å². The van der Waals surface area contributed by atoms with E-state index in [0.29, 0.717) is 22.2 Å². The van der Waals surface area contributed by atoms with E-state index in [1.165, 1.54) is 22.0 Å². The lowest BCUT2D eigenvalue weighted by Gasteiger charge is -2.12. The van der Waals surface area contributed by atoms with E-state index < -0.39 is 17.4 Å². The predicted octanol–water partition coefficient (Wildman–Crippen LogP) is 5.21. The molecule has 0 atom stereocenters. The molecule has 3 nitrogen and oxygen atoms in total. The fraction of sp³-hybridized carbons (Fsp3) is 0. The Bertz CT molecular complexity index is 1140. The third-order valence-corrected chi connectivity index (χ3v) is 4.75. The average Bonchev–Trinajstić information content (AvgIpc) is 3.25. The molecule has 0 aliphatic heterocycles. The van der Waals surface area contributed by atoms with Crippen molar-refractivity contribution in [3.63, 3.8) is 0 Å². The van der Waals surface area contributed by atoms with Gasteiger partial charge in [-0.2, -0.15) is 21.0 Å². The van der Waals surface area contributed by atoms with Crippen LogP contribution in [0.2, 0.25) is 0 Å². The standard InChI is InChI=1S/C19H10F2N2OS/c20-17-15(5-6-16(24)18(17)21)23-14-4-2-1-3-12(14)13(9-22)19(23)11-7-8-25-10-11/h1-8,10,24H. The third-order valence-electron chi connectivity index (χ3n) is 4.06. The van der Waals surface area contributed by atoms with Crippen molar-refractivity contribution in [1.29, 1.82) is 5.26 Å². The molecule has 0 aliphatic rings. The quantitative estimate of drug-likeness (QED) is 0.538. The van der Waals surface area contributed by atoms with E-state index in [-0.39, 0.29) is 5.69 Å². The minimum atomic E-state index is -1.31. The van der Waals surface area contributed by atoms with Crippen LogP contribution in [-0.2, 0) is 0 Å². The Balaban J connectivity index is 2.20. The highest BCUT2D eigenvalue weighted by Gasteiger charge is 2.23. The summed E-state index contributed by atoms with van der Waals surface area (Å²) in [7, 11) is 0. The molecule has 2 aromatic carbocycles. The maximum Gasteiger partial charge on any atom is 0.202 e. The summed E-state index contributed by atoms with van der Waals surface area (Å²) in [5, 5.41) is 23.4. The number of para-hydroxylation sites is 1. The molecule has 6 heteroatoms. The van der Waals surface area contributed by atoms with E-state index >= 15 is 0 Å². The molecule has 0 unspecified atom stereocenters. The molecule has 0 bridgehead atoms. The van der Waals surface area contributed by atoms with Gasteiger partial charge in [-0.1, -0.05) is 18.2 Å². The summed E-state index contributed by atoms with van der Waals surface area (Å²) in [4.78, 5) is 0. The monoisotopic (exact) mass is 352 g/mol. The molecule has 25 heavy (non-hydrogen) atoms. The van der Waals surface area contributed by atoms with Crippen LogP contribution in [0.3, 0.4) is 0 Å². The van der Waals surface area contributed by atoms with Gasteiger partial charge in [0.25, 0.3) is 0 Å². The molecule has 2 heterocycles. The van der Waals surface area contributed by atoms with Crippen LogP contribution in [0.25, 0.3) is 27.8 Å². The number of fused-ring (bicyclic) bond motifs is 1. The first-order valence-electron chi connectivity index (χ1n) is 7.37. The van der Waals surface area contributed by atoms with Crippen LogP contribution in [0.1, 0.15) is 5.56 Å². The summed E-state index contributed by atoms with van der Waals surface area (Å²) < 4.78 is 30.0. The highest BCUT2D eigenvalue weighted by atomic mass is 32.1. The first kappa shape index (κ1) is 15.4. The summed E-state index contributed by atoms with van der Waals surface area (Å²) >= 11 is 1.45. The number of thiophene rings is 1. The van der Waals surface area contributed by atoms with Crippen molar-refractivity contribution in [2.75, 3.05) is 0 Å². The number of aromatic nitrogens is 1. The van der Waals surface area contributed by atoms with Crippen molar-refractivity contribution in [3.8, 4) is 28.8 Å². The van der Waals surface area contributed by atoms with Crippen molar-refractivity contribution < 1.29 is 13.9 Å². The van der Waals surface area contributed by atoms with Crippen LogP contribution >= 0.6 is 11.3 Å². The fourth-order valence-corrected chi connectivity index (χ4v) is 3.62. The van der Waals surface area contributed by atoms with Crippen molar-refractivity contribution in [2.24, 2.45) is 0 Å². The fourth-order valence-electron chi connectivity index (χ4n) is 2.98. The maximum atomic E-state index is 14.6. The maximum absolute atomic E-state index is 14.6. The minimum absolute atomic E-state index is 0.0609. The van der Waals surface area contributed by atoms with Gasteiger partial charge in [0.1, 0.15) is 6.07 Å². The molecule has 2 aromatic heterocycles. The normalized spacial score (nSPS) is 10.9. The van der Waals surface area contributed by atoms with Gasteiger partial charge in [-0.25, -0.2) is 4.39 Å². The smallest absolute Gasteiger partial charge is 0.202 e. The van der Waals surface area contributed by atoms with Gasteiger partial charge in [0.05, 0.1) is 22.5 Å². The van der Waals surface area contributed by atoms with Crippen molar-refractivity contribution in [3.05, 3.63) is 70.4 Å². The number of aromatic hydroxyl groups is 1. The zero-order valence-electron chi connectivity index (χ0n) is 12.7. The summed E-state index contributed by atoms with van der Waals surface area (Å²) in [6.45, 7) is 0. The molecule has 0 amide bonds. The molecule has 4 aromatic rings. The lowest BCUT2D eigenvalue weighted by Crippen LogP contribution is -2.02. The molecule has 1 N–H and O–H groups in total. The summed E-state index contributed by atoms with van der Waals surface area (Å²) in [5.41, 5.74) is 2.15. The Morgan fingerprint density at radius 1 is 1.04 bits per heavy atom. The average molecular weight is 352 g/mol. The lowest BCUT2D eigenvalue weighted by atomic mass is 10.1. The summed E-state index contributed by atoms with van der Waals surface area (Å²) in [6, 6.07) is 13.5. The lowest BCUT2D eigenvalue weighted by molar-refractivity contribution is 0.406. The molecule has 0 radical (unpaired) electrons. The van der Waals surface area contributed by atoms with Gasteiger partial charge in [0, 0.05) is 16.3 Å². The highest BCUT2D eigenvalue weighted by Crippen LogP contribution is 2.38. The van der Waals surface area contributed by atoms with E-state index in [4.69, 9.17) is 0 Å². The van der Waals surface area contributed by atoms with Crippen LogP contribution in [0.15, 0.2) is 53.2 Å². The Kier molecular flexibility index (Phi) is 3.52. The molecule has 4 rings (SSSR count). The topological polar surface area (TPSA) is 49.0 Å². The molecular formula is C19H10F2N2OS. The molecule has 0 aliphatic carbocycles. The second-order valence-corrected chi connectivity index (χ2v) is 6.21. The zero-order valence-corrected chi connectivity index (χ0v) is 13.5. The molecular weight excluding hydrogens is 342 g/mol. The van der Waals surface area contributed by atoms with Crippen molar-refractivity contribution in [1.82, 2.24) is 4.57 Å². The van der Waals surface area contributed by atoms with Gasteiger partial charge in [-0.15, -0.1) is 0 Å². The first-order chi connectivity index (χ1) is 12.1. The van der Waals surface area contributed by atoms with Gasteiger partial charge in [0.15, 0.2) is 11.6 Å². The van der Waals surface area contributed by atoms with Crippen LogP contribution < -0.4 is 0 Å². The van der Waals surface area contributed by atoms with Gasteiger partial charge in [-0.3, -0.25) is 0 Å². The number of nitriles is 1. The number of hydrogen-bond acceptors (Lipinski definition) is 3. The second kappa shape index (κ2) is 5.72. The number of nitrogens with zero attached hydrogens (tertiary/aromatic N) is 2. The number of rotatable bonds is 2. The zero-order chi connectivity index (χ0) is 17.6. The van der Waals surface area contributed by atoms with Crippen molar-refractivity contribution >= 4 is 22.2 Å². The third kappa shape index (κ3) is 2.21. The number of halogens is 2. The number of hydrogen-bond donors (Lipinski definition) is 1. The van der Waals surface area contributed by atoms with Crippen LogP contribution in [-0.4, -0.2) is 9.67 Å². The van der Waals surface area contributed by atoms with Crippen LogP contribution in [0.4, 0.5) is 8.78 Å². The summed E-state index contributed by atoms with van der Waals surface area (Å²) in [6.07, 6.45) is 0. The van der Waals surface area contributed by atoms with E-state index in [1.54, 1.807) is 24.3 Å². The first-order valence-corrected chi connectivity index (χ1v) is 8.31. The number of phenolic OH excluding ortho intramolecular Hbond substituents is 1. The van der Waals surface area contributed by atoms with Gasteiger partial charge in [-0.05, 0) is 29.6 Å². The Morgan fingerprint density at radius 2 is 1.84 bits per heavy atom. The van der Waals surface area contributed by atoms with Crippen molar-refractivity contribution in [2.45, 2.75) is 0 Å². The largest absolute Gasteiger partial charge is 0.505 e. The number of phenols is 1. The van der Waals surface area contributed by atoms with Crippen LogP contribution in [0, 0.1) is 23.0 Å². The van der Waals surface area contributed by atoms with E-state index in [1.807, 2.05) is 16.8 Å².